The predicted octanol–water partition coefficient (Wildman–Crippen LogP) is 3.46. The zero-order valence-electron chi connectivity index (χ0n) is 11.7. The molecule has 2 N–H and O–H groups in total. The van der Waals surface area contributed by atoms with Gasteiger partial charge in [-0.1, -0.05) is 18.9 Å². The summed E-state index contributed by atoms with van der Waals surface area (Å²) in [5.74, 6) is 1.77. The molecule has 0 spiro atoms. The Labute approximate surface area is 116 Å². The van der Waals surface area contributed by atoms with Crippen LogP contribution in [-0.2, 0) is 12.8 Å². The molecule has 1 aromatic rings. The molecule has 0 saturated heterocycles. The number of benzene rings is 1. The molecule has 2 aliphatic rings. The highest BCUT2D eigenvalue weighted by Gasteiger charge is 2.21. The molecule has 19 heavy (non-hydrogen) atoms. The highest BCUT2D eigenvalue weighted by Crippen LogP contribution is 2.29. The van der Waals surface area contributed by atoms with Crippen molar-refractivity contribution in [2.45, 2.75) is 57.4 Å². The Kier molecular flexibility index (Phi) is 4.07. The molecule has 0 aromatic heterocycles. The van der Waals surface area contributed by atoms with Crippen LogP contribution in [0, 0.1) is 5.92 Å². The lowest BCUT2D eigenvalue weighted by Crippen LogP contribution is -2.30. The van der Waals surface area contributed by atoms with E-state index in [1.807, 2.05) is 0 Å². The first kappa shape index (κ1) is 13.0. The molecule has 0 bridgehead atoms. The van der Waals surface area contributed by atoms with E-state index in [-0.39, 0.29) is 0 Å². The average molecular weight is 259 g/mol. The van der Waals surface area contributed by atoms with Crippen LogP contribution in [0.25, 0.3) is 0 Å². The van der Waals surface area contributed by atoms with Crippen molar-refractivity contribution in [3.63, 3.8) is 0 Å². The smallest absolute Gasteiger partial charge is 0.119 e. The molecular weight excluding hydrogens is 234 g/mol. The molecule has 1 atom stereocenters. The van der Waals surface area contributed by atoms with Crippen LogP contribution < -0.4 is 10.5 Å². The van der Waals surface area contributed by atoms with E-state index in [9.17, 15) is 0 Å². The van der Waals surface area contributed by atoms with Crippen LogP contribution in [0.4, 0.5) is 0 Å². The second-order valence-electron chi connectivity index (χ2n) is 6.13. The molecule has 2 heteroatoms. The first-order valence-corrected chi connectivity index (χ1v) is 7.83. The van der Waals surface area contributed by atoms with Crippen LogP contribution in [0.15, 0.2) is 18.2 Å². The number of hydrogen-bond donors (Lipinski definition) is 1. The molecule has 0 radical (unpaired) electrons. The molecule has 1 aromatic carbocycles. The molecule has 1 saturated carbocycles. The molecule has 2 nitrogen and oxygen atoms in total. The van der Waals surface area contributed by atoms with Gasteiger partial charge in [0.25, 0.3) is 0 Å². The molecule has 104 valence electrons. The fourth-order valence-corrected chi connectivity index (χ4v) is 3.57. The molecule has 1 fully saturated rings. The monoisotopic (exact) mass is 259 g/mol. The third-order valence-corrected chi connectivity index (χ3v) is 4.80. The topological polar surface area (TPSA) is 35.2 Å². The van der Waals surface area contributed by atoms with Crippen LogP contribution in [0.3, 0.4) is 0 Å². The van der Waals surface area contributed by atoms with E-state index in [1.165, 1.54) is 56.1 Å². The molecule has 2 aliphatic carbocycles. The summed E-state index contributed by atoms with van der Waals surface area (Å²) >= 11 is 0. The van der Waals surface area contributed by atoms with E-state index in [4.69, 9.17) is 10.5 Å². The van der Waals surface area contributed by atoms with Gasteiger partial charge in [0, 0.05) is 6.04 Å². The zero-order chi connectivity index (χ0) is 13.1. The summed E-state index contributed by atoms with van der Waals surface area (Å²) in [5, 5.41) is 0. The third-order valence-electron chi connectivity index (χ3n) is 4.80. The van der Waals surface area contributed by atoms with Crippen molar-refractivity contribution >= 4 is 0 Å². The quantitative estimate of drug-likeness (QED) is 0.879. The summed E-state index contributed by atoms with van der Waals surface area (Å²) < 4.78 is 5.88. The van der Waals surface area contributed by atoms with Gasteiger partial charge in [-0.25, -0.2) is 0 Å². The van der Waals surface area contributed by atoms with E-state index in [0.717, 1.165) is 24.7 Å². The lowest BCUT2D eigenvalue weighted by molar-refractivity contribution is 0.274. The van der Waals surface area contributed by atoms with Crippen LogP contribution in [0.2, 0.25) is 0 Å². The normalized spacial score (nSPS) is 20.5. The van der Waals surface area contributed by atoms with Crippen molar-refractivity contribution in [3.8, 4) is 5.75 Å². The minimum atomic E-state index is 0.330. The van der Waals surface area contributed by atoms with E-state index >= 15 is 0 Å². The number of aryl methyl sites for hydroxylation is 2. The van der Waals surface area contributed by atoms with Gasteiger partial charge in [0.2, 0.25) is 0 Å². The second-order valence-corrected chi connectivity index (χ2v) is 6.13. The zero-order valence-corrected chi connectivity index (χ0v) is 11.7. The van der Waals surface area contributed by atoms with Gasteiger partial charge in [-0.05, 0) is 67.7 Å². The Morgan fingerprint density at radius 1 is 1.11 bits per heavy atom. The van der Waals surface area contributed by atoms with Crippen molar-refractivity contribution in [1.29, 1.82) is 0 Å². The Morgan fingerprint density at radius 2 is 1.89 bits per heavy atom. The Hall–Kier alpha value is -1.02. The second kappa shape index (κ2) is 5.96. The summed E-state index contributed by atoms with van der Waals surface area (Å²) in [6.07, 6.45) is 10.1. The number of nitrogens with two attached hydrogens (primary N) is 1. The maximum atomic E-state index is 6.25. The van der Waals surface area contributed by atoms with Gasteiger partial charge in [-0.15, -0.1) is 0 Å². The van der Waals surface area contributed by atoms with Gasteiger partial charge in [0.1, 0.15) is 5.75 Å². The highest BCUT2D eigenvalue weighted by atomic mass is 16.5. The van der Waals surface area contributed by atoms with Crippen LogP contribution in [-0.4, -0.2) is 12.6 Å². The minimum Gasteiger partial charge on any atom is -0.494 e. The van der Waals surface area contributed by atoms with Crippen molar-refractivity contribution in [2.75, 3.05) is 6.61 Å². The summed E-state index contributed by atoms with van der Waals surface area (Å²) in [7, 11) is 0. The Bertz CT molecular complexity index is 423. The summed E-state index contributed by atoms with van der Waals surface area (Å²) in [6.45, 7) is 0.760. The number of rotatable bonds is 5. The van der Waals surface area contributed by atoms with E-state index in [2.05, 4.69) is 18.2 Å². The van der Waals surface area contributed by atoms with Crippen molar-refractivity contribution in [3.05, 3.63) is 29.3 Å². The van der Waals surface area contributed by atoms with Gasteiger partial charge in [0.15, 0.2) is 0 Å². The standard InChI is InChI=1S/C17H25NO/c18-17(14-4-1-2-5-14)10-11-19-16-9-8-13-6-3-7-15(13)12-16/h8-9,12,14,17H,1-7,10-11,18H2. The van der Waals surface area contributed by atoms with Crippen LogP contribution >= 0.6 is 0 Å². The van der Waals surface area contributed by atoms with Gasteiger partial charge in [0.05, 0.1) is 6.61 Å². The maximum Gasteiger partial charge on any atom is 0.119 e. The van der Waals surface area contributed by atoms with E-state index in [0.29, 0.717) is 6.04 Å². The van der Waals surface area contributed by atoms with Crippen LogP contribution in [0.1, 0.15) is 49.7 Å². The fraction of sp³-hybridized carbons (Fsp3) is 0.647. The number of fused-ring (bicyclic) bond motifs is 1. The van der Waals surface area contributed by atoms with Crippen molar-refractivity contribution in [2.24, 2.45) is 11.7 Å². The van der Waals surface area contributed by atoms with E-state index in [1.54, 1.807) is 0 Å². The third kappa shape index (κ3) is 3.11. The highest BCUT2D eigenvalue weighted by molar-refractivity contribution is 5.38. The largest absolute Gasteiger partial charge is 0.494 e. The lowest BCUT2D eigenvalue weighted by atomic mass is 9.97. The number of ether oxygens (including phenoxy) is 1. The van der Waals surface area contributed by atoms with Gasteiger partial charge < -0.3 is 10.5 Å². The predicted molar refractivity (Wildman–Crippen MR) is 78.5 cm³/mol. The molecule has 0 amide bonds. The SMILES string of the molecule is NC(CCOc1ccc2c(c1)CCC2)C1CCCC1. The molecule has 1 unspecified atom stereocenters. The van der Waals surface area contributed by atoms with Crippen molar-refractivity contribution in [1.82, 2.24) is 0 Å². The first-order valence-electron chi connectivity index (χ1n) is 7.83. The molecular formula is C17H25NO. The summed E-state index contributed by atoms with van der Waals surface area (Å²) in [6, 6.07) is 6.90. The first-order chi connectivity index (χ1) is 9.33. The van der Waals surface area contributed by atoms with Gasteiger partial charge >= 0.3 is 0 Å². The Morgan fingerprint density at radius 3 is 2.74 bits per heavy atom. The maximum absolute atomic E-state index is 6.25. The average Bonchev–Trinajstić information content (AvgIpc) is 3.09. The van der Waals surface area contributed by atoms with Crippen LogP contribution in [0.5, 0.6) is 5.75 Å². The summed E-state index contributed by atoms with van der Waals surface area (Å²) in [4.78, 5) is 0. The number of hydrogen-bond acceptors (Lipinski definition) is 2. The van der Waals surface area contributed by atoms with Gasteiger partial charge in [-0.2, -0.15) is 0 Å². The van der Waals surface area contributed by atoms with Crippen molar-refractivity contribution < 1.29 is 4.74 Å². The van der Waals surface area contributed by atoms with E-state index < -0.39 is 0 Å². The van der Waals surface area contributed by atoms with Gasteiger partial charge in [-0.3, -0.25) is 0 Å². The lowest BCUT2D eigenvalue weighted by Gasteiger charge is -2.18. The molecule has 0 aliphatic heterocycles. The Balaban J connectivity index is 1.47. The molecule has 3 rings (SSSR count). The fourth-order valence-electron chi connectivity index (χ4n) is 3.57. The molecule has 0 heterocycles. The minimum absolute atomic E-state index is 0.330. The summed E-state index contributed by atoms with van der Waals surface area (Å²) in [5.41, 5.74) is 9.25.